The molecule has 6 heteroatoms. The summed E-state index contributed by atoms with van der Waals surface area (Å²) >= 11 is 0. The molecular weight excluding hydrogens is 342 g/mol. The van der Waals surface area contributed by atoms with Gasteiger partial charge in [-0.2, -0.15) is 4.98 Å². The summed E-state index contributed by atoms with van der Waals surface area (Å²) in [5.41, 5.74) is 2.65. The second-order valence-corrected chi connectivity index (χ2v) is 6.32. The largest absolute Gasteiger partial charge is 0.494 e. The molecule has 2 aromatic carbocycles. The second kappa shape index (κ2) is 8.49. The number of carbonyl (C=O) groups is 1. The first-order chi connectivity index (χ1) is 13.1. The maximum Gasteiger partial charge on any atom is 0.257 e. The molecule has 0 unspecified atom stereocenters. The van der Waals surface area contributed by atoms with Gasteiger partial charge in [0.25, 0.3) is 11.8 Å². The number of benzene rings is 2. The summed E-state index contributed by atoms with van der Waals surface area (Å²) in [5, 5.41) is 4.02. The minimum absolute atomic E-state index is 0.0551. The Morgan fingerprint density at radius 3 is 2.67 bits per heavy atom. The molecule has 0 fully saturated rings. The summed E-state index contributed by atoms with van der Waals surface area (Å²) in [6, 6.07) is 15.1. The number of hydrogen-bond donors (Lipinski definition) is 0. The fraction of sp³-hybridized carbons (Fsp3) is 0.286. The summed E-state index contributed by atoms with van der Waals surface area (Å²) < 4.78 is 10.7. The number of hydrogen-bond acceptors (Lipinski definition) is 5. The molecule has 6 nitrogen and oxygen atoms in total. The molecule has 1 heterocycles. The second-order valence-electron chi connectivity index (χ2n) is 6.32. The highest BCUT2D eigenvalue weighted by molar-refractivity contribution is 5.94. The van der Waals surface area contributed by atoms with Gasteiger partial charge < -0.3 is 14.2 Å². The fourth-order valence-electron chi connectivity index (χ4n) is 2.70. The van der Waals surface area contributed by atoms with Gasteiger partial charge in [0.1, 0.15) is 5.75 Å². The third kappa shape index (κ3) is 4.73. The monoisotopic (exact) mass is 365 g/mol. The van der Waals surface area contributed by atoms with Gasteiger partial charge in [-0.1, -0.05) is 22.9 Å². The van der Waals surface area contributed by atoms with Crippen LogP contribution in [0.1, 0.15) is 28.7 Å². The summed E-state index contributed by atoms with van der Waals surface area (Å²) in [6.07, 6.45) is 0.522. The Balaban J connectivity index is 1.58. The number of rotatable bonds is 7. The van der Waals surface area contributed by atoms with Crippen LogP contribution in [0.5, 0.6) is 5.75 Å². The Morgan fingerprint density at radius 2 is 1.96 bits per heavy atom. The Bertz CT molecular complexity index is 903. The molecule has 3 aromatic rings. The SMILES string of the molecule is CCOc1ccc(C(=O)N(C)CCc2noc(-c3cccc(C)c3)n2)cc1. The highest BCUT2D eigenvalue weighted by atomic mass is 16.5. The average Bonchev–Trinajstić information content (AvgIpc) is 3.15. The highest BCUT2D eigenvalue weighted by Gasteiger charge is 2.14. The van der Waals surface area contributed by atoms with Gasteiger partial charge in [0.15, 0.2) is 5.82 Å². The number of amides is 1. The maximum absolute atomic E-state index is 12.5. The van der Waals surface area contributed by atoms with Gasteiger partial charge >= 0.3 is 0 Å². The van der Waals surface area contributed by atoms with E-state index in [9.17, 15) is 4.79 Å². The molecule has 0 spiro atoms. The van der Waals surface area contributed by atoms with Crippen molar-refractivity contribution in [3.63, 3.8) is 0 Å². The van der Waals surface area contributed by atoms with Gasteiger partial charge in [-0.05, 0) is 50.2 Å². The van der Waals surface area contributed by atoms with Crippen molar-refractivity contribution in [1.29, 1.82) is 0 Å². The quantitative estimate of drug-likeness (QED) is 0.638. The Labute approximate surface area is 158 Å². The maximum atomic E-state index is 12.5. The van der Waals surface area contributed by atoms with Crippen LogP contribution in [0.3, 0.4) is 0 Å². The fourth-order valence-corrected chi connectivity index (χ4v) is 2.70. The number of aryl methyl sites for hydroxylation is 1. The van der Waals surface area contributed by atoms with Crippen molar-refractivity contribution in [2.45, 2.75) is 20.3 Å². The van der Waals surface area contributed by atoms with E-state index in [1.807, 2.05) is 38.1 Å². The van der Waals surface area contributed by atoms with E-state index < -0.39 is 0 Å². The van der Waals surface area contributed by atoms with Gasteiger partial charge in [0.05, 0.1) is 6.61 Å². The van der Waals surface area contributed by atoms with Gasteiger partial charge in [-0.15, -0.1) is 0 Å². The zero-order valence-corrected chi connectivity index (χ0v) is 15.8. The van der Waals surface area contributed by atoms with E-state index in [1.165, 1.54) is 0 Å². The Kier molecular flexibility index (Phi) is 5.86. The molecule has 0 radical (unpaired) electrons. The van der Waals surface area contributed by atoms with E-state index >= 15 is 0 Å². The molecular formula is C21H23N3O3. The zero-order chi connectivity index (χ0) is 19.2. The molecule has 1 amide bonds. The number of carbonyl (C=O) groups excluding carboxylic acids is 1. The summed E-state index contributed by atoms with van der Waals surface area (Å²) in [7, 11) is 1.76. The molecule has 0 aliphatic rings. The van der Waals surface area contributed by atoms with Crippen LogP contribution < -0.4 is 4.74 Å². The molecule has 27 heavy (non-hydrogen) atoms. The topological polar surface area (TPSA) is 68.5 Å². The van der Waals surface area contributed by atoms with Crippen LogP contribution in [0.15, 0.2) is 53.1 Å². The third-order valence-electron chi connectivity index (χ3n) is 4.16. The van der Waals surface area contributed by atoms with Crippen LogP contribution >= 0.6 is 0 Å². The lowest BCUT2D eigenvalue weighted by Crippen LogP contribution is -2.29. The van der Waals surface area contributed by atoms with E-state index in [0.29, 0.717) is 36.9 Å². The molecule has 0 aliphatic heterocycles. The number of ether oxygens (including phenoxy) is 1. The lowest BCUT2D eigenvalue weighted by atomic mass is 10.1. The van der Waals surface area contributed by atoms with Crippen molar-refractivity contribution in [2.24, 2.45) is 0 Å². The van der Waals surface area contributed by atoms with Crippen molar-refractivity contribution in [3.05, 3.63) is 65.5 Å². The molecule has 0 atom stereocenters. The summed E-state index contributed by atoms with van der Waals surface area (Å²) in [4.78, 5) is 18.6. The summed E-state index contributed by atoms with van der Waals surface area (Å²) in [5.74, 6) is 1.78. The predicted molar refractivity (Wildman–Crippen MR) is 103 cm³/mol. The Morgan fingerprint density at radius 1 is 1.19 bits per heavy atom. The van der Waals surface area contributed by atoms with Crippen LogP contribution in [0.25, 0.3) is 11.5 Å². The molecule has 3 rings (SSSR count). The zero-order valence-electron chi connectivity index (χ0n) is 15.8. The van der Waals surface area contributed by atoms with Crippen LogP contribution in [0.2, 0.25) is 0 Å². The average molecular weight is 365 g/mol. The van der Waals surface area contributed by atoms with E-state index in [0.717, 1.165) is 16.9 Å². The predicted octanol–water partition coefficient (Wildman–Crippen LogP) is 3.76. The normalized spacial score (nSPS) is 10.6. The van der Waals surface area contributed by atoms with Crippen molar-refractivity contribution < 1.29 is 14.1 Å². The molecule has 140 valence electrons. The van der Waals surface area contributed by atoms with Crippen LogP contribution in [-0.2, 0) is 6.42 Å². The highest BCUT2D eigenvalue weighted by Crippen LogP contribution is 2.18. The van der Waals surface area contributed by atoms with Gasteiger partial charge in [-0.3, -0.25) is 4.79 Å². The van der Waals surface area contributed by atoms with Crippen molar-refractivity contribution in [3.8, 4) is 17.2 Å². The molecule has 1 aromatic heterocycles. The van der Waals surface area contributed by atoms with Crippen molar-refractivity contribution in [1.82, 2.24) is 15.0 Å². The first-order valence-corrected chi connectivity index (χ1v) is 8.94. The van der Waals surface area contributed by atoms with Gasteiger partial charge in [0.2, 0.25) is 0 Å². The Hall–Kier alpha value is -3.15. The minimum Gasteiger partial charge on any atom is -0.494 e. The molecule has 0 saturated carbocycles. The molecule has 0 saturated heterocycles. The first-order valence-electron chi connectivity index (χ1n) is 8.94. The van der Waals surface area contributed by atoms with E-state index in [-0.39, 0.29) is 5.91 Å². The first kappa shape index (κ1) is 18.6. The van der Waals surface area contributed by atoms with E-state index in [2.05, 4.69) is 10.1 Å². The smallest absolute Gasteiger partial charge is 0.257 e. The number of nitrogens with zero attached hydrogens (tertiary/aromatic N) is 3. The minimum atomic E-state index is -0.0551. The molecule has 0 aliphatic carbocycles. The lowest BCUT2D eigenvalue weighted by Gasteiger charge is -2.16. The number of likely N-dealkylation sites (N-methyl/N-ethyl adjacent to an activating group) is 1. The van der Waals surface area contributed by atoms with E-state index in [1.54, 1.807) is 36.2 Å². The standard InChI is InChI=1S/C21H23N3O3/c1-4-26-18-10-8-16(9-11-18)21(25)24(3)13-12-19-22-20(27-23-19)17-7-5-6-15(2)14-17/h5-11,14H,4,12-13H2,1-3H3. The van der Waals surface area contributed by atoms with Gasteiger partial charge in [-0.25, -0.2) is 0 Å². The third-order valence-corrected chi connectivity index (χ3v) is 4.16. The number of aromatic nitrogens is 2. The van der Waals surface area contributed by atoms with Gasteiger partial charge in [0, 0.05) is 31.1 Å². The van der Waals surface area contributed by atoms with Crippen molar-refractivity contribution in [2.75, 3.05) is 20.2 Å². The summed E-state index contributed by atoms with van der Waals surface area (Å²) in [6.45, 7) is 5.04. The van der Waals surface area contributed by atoms with Crippen LogP contribution in [0, 0.1) is 6.92 Å². The molecule has 0 N–H and O–H groups in total. The van der Waals surface area contributed by atoms with Crippen LogP contribution in [-0.4, -0.2) is 41.1 Å². The van der Waals surface area contributed by atoms with E-state index in [4.69, 9.17) is 9.26 Å². The van der Waals surface area contributed by atoms with Crippen molar-refractivity contribution >= 4 is 5.91 Å². The van der Waals surface area contributed by atoms with Crippen LogP contribution in [0.4, 0.5) is 0 Å². The lowest BCUT2D eigenvalue weighted by molar-refractivity contribution is 0.0795. The molecule has 0 bridgehead atoms.